The van der Waals surface area contributed by atoms with Crippen LogP contribution in [-0.2, 0) is 27.3 Å². The van der Waals surface area contributed by atoms with Crippen molar-refractivity contribution < 1.29 is 34.8 Å². The highest BCUT2D eigenvalue weighted by Gasteiger charge is 2.45. The van der Waals surface area contributed by atoms with Crippen molar-refractivity contribution in [3.8, 4) is 11.1 Å². The number of fused-ring (bicyclic) bond motifs is 3. The average Bonchev–Trinajstić information content (AvgIpc) is 3.17. The molecule has 5 N–H and O–H groups in total. The number of carbonyl (C=O) groups excluding carboxylic acids is 1. The standard InChI is InChI=1S/C24H27N3O7/c1-27-8-7-13-14(12-5-3-2-4-6-12)9-15-18(16(13)10-27)25-23(32)19(15)26-34-24-22(31)21(30)20(29)17(11-28)33-24/h2-6,9,17,20-22,24,28-31H,7-8,10-11H2,1H3,(H,25,26,32)/t17-,20-,21+,22-,24?/m1/s1. The molecule has 180 valence electrons. The van der Waals surface area contributed by atoms with Gasteiger partial charge in [0.15, 0.2) is 5.71 Å². The van der Waals surface area contributed by atoms with Gasteiger partial charge in [0, 0.05) is 18.7 Å². The molecule has 3 aliphatic rings. The molecule has 34 heavy (non-hydrogen) atoms. The van der Waals surface area contributed by atoms with Crippen LogP contribution in [0, 0.1) is 0 Å². The summed E-state index contributed by atoms with van der Waals surface area (Å²) in [5.41, 5.74) is 5.51. The second kappa shape index (κ2) is 9.06. The molecule has 5 atom stereocenters. The number of nitrogens with zero attached hydrogens (tertiary/aromatic N) is 2. The summed E-state index contributed by atoms with van der Waals surface area (Å²) in [7, 11) is 2.03. The van der Waals surface area contributed by atoms with Crippen LogP contribution < -0.4 is 5.32 Å². The molecule has 0 radical (unpaired) electrons. The number of hydrogen-bond acceptors (Lipinski definition) is 9. The summed E-state index contributed by atoms with van der Waals surface area (Å²) >= 11 is 0. The van der Waals surface area contributed by atoms with E-state index in [0.29, 0.717) is 17.8 Å². The van der Waals surface area contributed by atoms with E-state index in [0.717, 1.165) is 29.7 Å². The second-order valence-electron chi connectivity index (χ2n) is 8.85. The molecule has 2 aromatic rings. The number of ether oxygens (including phenoxy) is 1. The number of nitrogens with one attached hydrogen (secondary N) is 1. The average molecular weight is 469 g/mol. The summed E-state index contributed by atoms with van der Waals surface area (Å²) in [6.45, 7) is 0.977. The van der Waals surface area contributed by atoms with Crippen LogP contribution in [0.5, 0.6) is 0 Å². The SMILES string of the molecule is CN1CCc2c(-c3ccccc3)cc3c(c2C1)NC(=O)C3=NOC1O[C@H](CO)[C@@H](O)[C@H](O)[C@H]1O. The summed E-state index contributed by atoms with van der Waals surface area (Å²) in [5.74, 6) is -0.458. The first kappa shape index (κ1) is 22.9. The number of carbonyl (C=O) groups is 1. The van der Waals surface area contributed by atoms with Gasteiger partial charge in [-0.25, -0.2) is 0 Å². The Morgan fingerprint density at radius 3 is 2.62 bits per heavy atom. The largest absolute Gasteiger partial charge is 0.394 e. The monoisotopic (exact) mass is 469 g/mol. The zero-order valence-corrected chi connectivity index (χ0v) is 18.6. The quantitative estimate of drug-likeness (QED) is 0.388. The van der Waals surface area contributed by atoms with Crippen LogP contribution >= 0.6 is 0 Å². The van der Waals surface area contributed by atoms with Crippen LogP contribution in [-0.4, -0.2) is 87.9 Å². The number of aliphatic hydroxyl groups is 4. The van der Waals surface area contributed by atoms with Crippen LogP contribution in [0.2, 0.25) is 0 Å². The summed E-state index contributed by atoms with van der Waals surface area (Å²) in [5, 5.41) is 46.4. The maximum atomic E-state index is 12.9. The third-order valence-electron chi connectivity index (χ3n) is 6.61. The molecule has 2 aromatic carbocycles. The third kappa shape index (κ3) is 3.88. The van der Waals surface area contributed by atoms with Crippen molar-refractivity contribution in [2.45, 2.75) is 43.7 Å². The number of likely N-dealkylation sites (N-methyl/N-ethyl adjacent to an activating group) is 1. The van der Waals surface area contributed by atoms with E-state index in [1.165, 1.54) is 5.56 Å². The van der Waals surface area contributed by atoms with Gasteiger partial charge in [0.1, 0.15) is 24.4 Å². The third-order valence-corrected chi connectivity index (χ3v) is 6.61. The molecular formula is C24H27N3O7. The fourth-order valence-electron chi connectivity index (χ4n) is 4.74. The zero-order valence-electron chi connectivity index (χ0n) is 18.6. The van der Waals surface area contributed by atoms with Crippen molar-refractivity contribution in [3.63, 3.8) is 0 Å². The molecule has 1 fully saturated rings. The Hall–Kier alpha value is -2.86. The first-order chi connectivity index (χ1) is 16.4. The van der Waals surface area contributed by atoms with Crippen molar-refractivity contribution in [1.82, 2.24) is 4.90 Å². The van der Waals surface area contributed by atoms with Gasteiger partial charge in [-0.1, -0.05) is 35.5 Å². The topological polar surface area (TPSA) is 144 Å². The predicted molar refractivity (Wildman–Crippen MR) is 122 cm³/mol. The summed E-state index contributed by atoms with van der Waals surface area (Å²) in [4.78, 5) is 20.4. The molecule has 3 aliphatic heterocycles. The first-order valence-corrected chi connectivity index (χ1v) is 11.2. The minimum Gasteiger partial charge on any atom is -0.394 e. The minimum atomic E-state index is -1.62. The Balaban J connectivity index is 1.53. The number of benzene rings is 2. The molecule has 0 aromatic heterocycles. The van der Waals surface area contributed by atoms with Gasteiger partial charge in [0.05, 0.1) is 12.3 Å². The Morgan fingerprint density at radius 1 is 1.12 bits per heavy atom. The summed E-state index contributed by atoms with van der Waals surface area (Å²) in [6, 6.07) is 11.8. The molecule has 1 saturated heterocycles. The molecule has 10 heteroatoms. The Morgan fingerprint density at radius 2 is 1.88 bits per heavy atom. The minimum absolute atomic E-state index is 0.0140. The zero-order chi connectivity index (χ0) is 24.0. The first-order valence-electron chi connectivity index (χ1n) is 11.2. The Kier molecular flexibility index (Phi) is 6.11. The van der Waals surface area contributed by atoms with E-state index in [2.05, 4.69) is 15.4 Å². The lowest BCUT2D eigenvalue weighted by Gasteiger charge is -2.38. The van der Waals surface area contributed by atoms with E-state index in [1.807, 2.05) is 43.4 Å². The van der Waals surface area contributed by atoms with Gasteiger partial charge in [-0.3, -0.25) is 4.79 Å². The van der Waals surface area contributed by atoms with Crippen LogP contribution in [0.4, 0.5) is 5.69 Å². The normalized spacial score (nSPS) is 30.1. The van der Waals surface area contributed by atoms with E-state index in [9.17, 15) is 25.2 Å². The van der Waals surface area contributed by atoms with Gasteiger partial charge in [-0.2, -0.15) is 0 Å². The Bertz CT molecular complexity index is 1120. The van der Waals surface area contributed by atoms with Crippen LogP contribution in [0.3, 0.4) is 0 Å². The van der Waals surface area contributed by atoms with E-state index in [-0.39, 0.29) is 5.71 Å². The van der Waals surface area contributed by atoms with Gasteiger partial charge in [0.2, 0.25) is 0 Å². The summed E-state index contributed by atoms with van der Waals surface area (Å²) in [6.07, 6.45) is -6.51. The molecule has 0 spiro atoms. The van der Waals surface area contributed by atoms with E-state index in [1.54, 1.807) is 0 Å². The van der Waals surface area contributed by atoms with Crippen LogP contribution in [0.15, 0.2) is 41.6 Å². The van der Waals surface area contributed by atoms with Crippen molar-refractivity contribution in [2.75, 3.05) is 25.5 Å². The smallest absolute Gasteiger partial charge is 0.278 e. The van der Waals surface area contributed by atoms with Gasteiger partial charge in [-0.05, 0) is 41.8 Å². The lowest BCUT2D eigenvalue weighted by Crippen LogP contribution is -2.58. The lowest BCUT2D eigenvalue weighted by molar-refractivity contribution is -0.301. The van der Waals surface area contributed by atoms with Crippen molar-refractivity contribution in [2.24, 2.45) is 5.16 Å². The predicted octanol–water partition coefficient (Wildman–Crippen LogP) is -0.186. The fraction of sp³-hybridized carbons (Fsp3) is 0.417. The molecule has 5 rings (SSSR count). The molecule has 1 amide bonds. The molecule has 10 nitrogen and oxygen atoms in total. The number of anilines is 1. The van der Waals surface area contributed by atoms with Gasteiger partial charge < -0.3 is 40.2 Å². The number of aliphatic hydroxyl groups excluding tert-OH is 4. The molecule has 0 saturated carbocycles. The van der Waals surface area contributed by atoms with Crippen molar-refractivity contribution in [1.29, 1.82) is 0 Å². The number of oxime groups is 1. The maximum Gasteiger partial charge on any atom is 0.278 e. The fourth-order valence-corrected chi connectivity index (χ4v) is 4.74. The highest BCUT2D eigenvalue weighted by Crippen LogP contribution is 2.40. The number of rotatable bonds is 4. The van der Waals surface area contributed by atoms with Crippen LogP contribution in [0.1, 0.15) is 16.7 Å². The van der Waals surface area contributed by atoms with E-state index in [4.69, 9.17) is 9.57 Å². The highest BCUT2D eigenvalue weighted by atomic mass is 16.8. The van der Waals surface area contributed by atoms with Crippen molar-refractivity contribution in [3.05, 3.63) is 53.1 Å². The number of amides is 1. The Labute approximate surface area is 196 Å². The molecule has 0 bridgehead atoms. The lowest BCUT2D eigenvalue weighted by atomic mass is 9.87. The summed E-state index contributed by atoms with van der Waals surface area (Å²) < 4.78 is 5.33. The van der Waals surface area contributed by atoms with Crippen molar-refractivity contribution >= 4 is 17.3 Å². The van der Waals surface area contributed by atoms with E-state index < -0.39 is 43.2 Å². The maximum absolute atomic E-state index is 12.9. The molecule has 0 aliphatic carbocycles. The van der Waals surface area contributed by atoms with Gasteiger partial charge >= 0.3 is 0 Å². The highest BCUT2D eigenvalue weighted by molar-refractivity contribution is 6.54. The number of hydrogen-bond donors (Lipinski definition) is 5. The van der Waals surface area contributed by atoms with Crippen LogP contribution in [0.25, 0.3) is 11.1 Å². The second-order valence-corrected chi connectivity index (χ2v) is 8.85. The molecule has 1 unspecified atom stereocenters. The van der Waals surface area contributed by atoms with Gasteiger partial charge in [0.25, 0.3) is 12.2 Å². The molecule has 3 heterocycles. The van der Waals surface area contributed by atoms with Gasteiger partial charge in [-0.15, -0.1) is 0 Å². The van der Waals surface area contributed by atoms with E-state index >= 15 is 0 Å². The molecular weight excluding hydrogens is 442 g/mol.